The van der Waals surface area contributed by atoms with Crippen molar-refractivity contribution in [2.24, 2.45) is 5.92 Å². The second-order valence-electron chi connectivity index (χ2n) is 6.91. The van der Waals surface area contributed by atoms with E-state index >= 15 is 0 Å². The Balaban J connectivity index is 1.52. The van der Waals surface area contributed by atoms with Crippen molar-refractivity contribution in [3.8, 4) is 11.5 Å². The van der Waals surface area contributed by atoms with Gasteiger partial charge in [-0.25, -0.2) is 0 Å². The van der Waals surface area contributed by atoms with E-state index in [0.717, 1.165) is 49.8 Å². The highest BCUT2D eigenvalue weighted by Crippen LogP contribution is 2.26. The monoisotopic (exact) mass is 372 g/mol. The quantitative estimate of drug-likeness (QED) is 0.743. The van der Waals surface area contributed by atoms with E-state index < -0.39 is 0 Å². The van der Waals surface area contributed by atoms with Crippen LogP contribution >= 0.6 is 0 Å². The Morgan fingerprint density at radius 3 is 2.59 bits per heavy atom. The average molecular weight is 372 g/mol. The molecule has 146 valence electrons. The molecular weight excluding hydrogens is 344 g/mol. The predicted octanol–water partition coefficient (Wildman–Crippen LogP) is 1.88. The molecule has 1 unspecified atom stereocenters. The first kappa shape index (κ1) is 19.2. The SMILES string of the molecule is COc1ccc(CN2CCN(C(=O)C(C)Cn3cccn3)CC2)c(OC)c1. The van der Waals surface area contributed by atoms with Crippen molar-refractivity contribution in [3.63, 3.8) is 0 Å². The zero-order valence-electron chi connectivity index (χ0n) is 16.3. The summed E-state index contributed by atoms with van der Waals surface area (Å²) in [5.74, 6) is 1.75. The summed E-state index contributed by atoms with van der Waals surface area (Å²) < 4.78 is 12.6. The van der Waals surface area contributed by atoms with Crippen LogP contribution in [0, 0.1) is 5.92 Å². The van der Waals surface area contributed by atoms with E-state index in [1.165, 1.54) is 0 Å². The summed E-state index contributed by atoms with van der Waals surface area (Å²) in [6, 6.07) is 7.78. The van der Waals surface area contributed by atoms with E-state index in [2.05, 4.69) is 10.00 Å². The molecule has 0 N–H and O–H groups in total. The van der Waals surface area contributed by atoms with Gasteiger partial charge in [-0.2, -0.15) is 5.10 Å². The first-order valence-corrected chi connectivity index (χ1v) is 9.30. The van der Waals surface area contributed by atoms with Crippen molar-refractivity contribution >= 4 is 5.91 Å². The number of rotatable bonds is 7. The lowest BCUT2D eigenvalue weighted by Gasteiger charge is -2.36. The highest BCUT2D eigenvalue weighted by Gasteiger charge is 2.25. The van der Waals surface area contributed by atoms with Crippen molar-refractivity contribution in [2.75, 3.05) is 40.4 Å². The minimum atomic E-state index is -0.0712. The van der Waals surface area contributed by atoms with Crippen molar-refractivity contribution in [3.05, 3.63) is 42.2 Å². The molecule has 1 aromatic heterocycles. The molecule has 1 amide bonds. The normalized spacial score (nSPS) is 16.2. The number of carbonyl (C=O) groups excluding carboxylic acids is 1. The summed E-state index contributed by atoms with van der Waals surface area (Å²) >= 11 is 0. The molecule has 0 saturated carbocycles. The molecule has 2 heterocycles. The summed E-state index contributed by atoms with van der Waals surface area (Å²) in [5.41, 5.74) is 1.13. The first-order chi connectivity index (χ1) is 13.1. The van der Waals surface area contributed by atoms with E-state index in [-0.39, 0.29) is 11.8 Å². The van der Waals surface area contributed by atoms with E-state index in [4.69, 9.17) is 9.47 Å². The molecule has 0 aliphatic carbocycles. The fourth-order valence-electron chi connectivity index (χ4n) is 3.43. The van der Waals surface area contributed by atoms with Crippen LogP contribution in [0.15, 0.2) is 36.7 Å². The van der Waals surface area contributed by atoms with Crippen molar-refractivity contribution in [2.45, 2.75) is 20.0 Å². The number of hydrogen-bond acceptors (Lipinski definition) is 5. The summed E-state index contributed by atoms with van der Waals surface area (Å²) in [5, 5.41) is 4.19. The summed E-state index contributed by atoms with van der Waals surface area (Å²) in [6.07, 6.45) is 3.63. The lowest BCUT2D eigenvalue weighted by atomic mass is 10.1. The van der Waals surface area contributed by atoms with Crippen LogP contribution < -0.4 is 9.47 Å². The van der Waals surface area contributed by atoms with Gasteiger partial charge in [0.05, 0.1) is 26.7 Å². The Bertz CT molecular complexity index is 740. The number of carbonyl (C=O) groups is 1. The van der Waals surface area contributed by atoms with Crippen LogP contribution in [0.5, 0.6) is 11.5 Å². The van der Waals surface area contributed by atoms with Gasteiger partial charge in [0.2, 0.25) is 5.91 Å². The standard InChI is InChI=1S/C20H28N4O3/c1-16(14-24-8-4-7-21-24)20(25)23-11-9-22(10-12-23)15-17-5-6-18(26-2)13-19(17)27-3/h4-8,13,16H,9-12,14-15H2,1-3H3. The van der Waals surface area contributed by atoms with Gasteiger partial charge in [0.25, 0.3) is 0 Å². The third-order valence-corrected chi connectivity index (χ3v) is 5.01. The molecule has 1 fully saturated rings. The van der Waals surface area contributed by atoms with Crippen molar-refractivity contribution < 1.29 is 14.3 Å². The van der Waals surface area contributed by atoms with Gasteiger partial charge >= 0.3 is 0 Å². The molecule has 7 nitrogen and oxygen atoms in total. The van der Waals surface area contributed by atoms with Crippen molar-refractivity contribution in [1.82, 2.24) is 19.6 Å². The molecule has 1 aromatic carbocycles. The predicted molar refractivity (Wildman–Crippen MR) is 103 cm³/mol. The summed E-state index contributed by atoms with van der Waals surface area (Å²) in [4.78, 5) is 17.0. The topological polar surface area (TPSA) is 59.8 Å². The molecule has 1 saturated heterocycles. The molecule has 3 rings (SSSR count). The van der Waals surface area contributed by atoms with E-state index in [9.17, 15) is 4.79 Å². The van der Waals surface area contributed by atoms with Crippen LogP contribution in [-0.2, 0) is 17.9 Å². The van der Waals surface area contributed by atoms with Crippen LogP contribution in [0.2, 0.25) is 0 Å². The smallest absolute Gasteiger partial charge is 0.227 e. The minimum absolute atomic E-state index is 0.0712. The zero-order valence-corrected chi connectivity index (χ0v) is 16.3. The average Bonchev–Trinajstić information content (AvgIpc) is 3.21. The van der Waals surface area contributed by atoms with E-state index in [0.29, 0.717) is 6.54 Å². The highest BCUT2D eigenvalue weighted by atomic mass is 16.5. The fourth-order valence-corrected chi connectivity index (χ4v) is 3.43. The van der Waals surface area contributed by atoms with Crippen LogP contribution in [0.3, 0.4) is 0 Å². The first-order valence-electron chi connectivity index (χ1n) is 9.30. The largest absolute Gasteiger partial charge is 0.497 e. The maximum Gasteiger partial charge on any atom is 0.227 e. The summed E-state index contributed by atoms with van der Waals surface area (Å²) in [6.45, 7) is 6.61. The van der Waals surface area contributed by atoms with Crippen LogP contribution in [0.1, 0.15) is 12.5 Å². The van der Waals surface area contributed by atoms with Gasteiger partial charge in [-0.05, 0) is 12.1 Å². The molecule has 1 aliphatic heterocycles. The number of hydrogen-bond donors (Lipinski definition) is 0. The van der Waals surface area contributed by atoms with Crippen LogP contribution in [-0.4, -0.2) is 65.9 Å². The number of piperazine rings is 1. The molecule has 0 bridgehead atoms. The number of aromatic nitrogens is 2. The molecular formula is C20H28N4O3. The highest BCUT2D eigenvalue weighted by molar-refractivity contribution is 5.78. The second-order valence-corrected chi connectivity index (χ2v) is 6.91. The molecule has 27 heavy (non-hydrogen) atoms. The zero-order chi connectivity index (χ0) is 19.2. The number of nitrogens with zero attached hydrogens (tertiary/aromatic N) is 4. The van der Waals surface area contributed by atoms with E-state index in [1.807, 2.05) is 47.0 Å². The maximum atomic E-state index is 12.7. The summed E-state index contributed by atoms with van der Waals surface area (Å²) in [7, 11) is 3.33. The Morgan fingerprint density at radius 1 is 1.19 bits per heavy atom. The van der Waals surface area contributed by atoms with Gasteiger partial charge in [-0.1, -0.05) is 13.0 Å². The Labute approximate surface area is 160 Å². The lowest BCUT2D eigenvalue weighted by Crippen LogP contribution is -2.50. The fraction of sp³-hybridized carbons (Fsp3) is 0.500. The van der Waals surface area contributed by atoms with Crippen molar-refractivity contribution in [1.29, 1.82) is 0 Å². The minimum Gasteiger partial charge on any atom is -0.497 e. The Kier molecular flexibility index (Phi) is 6.34. The van der Waals surface area contributed by atoms with Crippen LogP contribution in [0.25, 0.3) is 0 Å². The number of amides is 1. The van der Waals surface area contributed by atoms with Gasteiger partial charge in [0.15, 0.2) is 0 Å². The third kappa shape index (κ3) is 4.80. The molecule has 1 aliphatic rings. The third-order valence-electron chi connectivity index (χ3n) is 5.01. The molecule has 2 aromatic rings. The number of ether oxygens (including phenoxy) is 2. The van der Waals surface area contributed by atoms with Crippen LogP contribution in [0.4, 0.5) is 0 Å². The number of benzene rings is 1. The van der Waals surface area contributed by atoms with Gasteiger partial charge in [-0.15, -0.1) is 0 Å². The van der Waals surface area contributed by atoms with Gasteiger partial charge in [-0.3, -0.25) is 14.4 Å². The Hall–Kier alpha value is -2.54. The molecule has 1 atom stereocenters. The molecule has 0 radical (unpaired) electrons. The van der Waals surface area contributed by atoms with E-state index in [1.54, 1.807) is 20.4 Å². The van der Waals surface area contributed by atoms with Gasteiger partial charge in [0.1, 0.15) is 11.5 Å². The molecule has 0 spiro atoms. The van der Waals surface area contributed by atoms with Gasteiger partial charge in [0, 0.05) is 56.7 Å². The lowest BCUT2D eigenvalue weighted by molar-refractivity contribution is -0.137. The second kappa shape index (κ2) is 8.90. The maximum absolute atomic E-state index is 12.7. The Morgan fingerprint density at radius 2 is 1.96 bits per heavy atom. The van der Waals surface area contributed by atoms with Gasteiger partial charge < -0.3 is 14.4 Å². The molecule has 7 heteroatoms. The number of methoxy groups -OCH3 is 2.